The highest BCUT2D eigenvalue weighted by molar-refractivity contribution is 5.57. The molecule has 2 aliphatic heterocycles. The van der Waals surface area contributed by atoms with Gasteiger partial charge >= 0.3 is 0 Å². The number of methoxy groups -OCH3 is 1. The number of aliphatic hydroxyl groups is 1. The first kappa shape index (κ1) is 19.6. The highest BCUT2D eigenvalue weighted by atomic mass is 16.6. The van der Waals surface area contributed by atoms with E-state index in [-0.39, 0.29) is 6.10 Å². The molecule has 0 spiro atoms. The second-order valence-corrected chi connectivity index (χ2v) is 7.20. The second-order valence-electron chi connectivity index (χ2n) is 7.20. The summed E-state index contributed by atoms with van der Waals surface area (Å²) in [6.07, 6.45) is 4.07. The topological polar surface area (TPSA) is 60.4 Å². The molecule has 2 aliphatic rings. The number of fused-ring (bicyclic) bond motifs is 1. The first-order chi connectivity index (χ1) is 14.2. The Balaban J connectivity index is 1.32. The van der Waals surface area contributed by atoms with Gasteiger partial charge in [-0.3, -0.25) is 4.90 Å². The van der Waals surface area contributed by atoms with Gasteiger partial charge in [-0.1, -0.05) is 36.4 Å². The SMILES string of the molecule is COc1ccccc1/C=C/CN1CC[C@@H](Oc2cccc3c2OCCO3)[C@H](O)C1. The summed E-state index contributed by atoms with van der Waals surface area (Å²) in [4.78, 5) is 2.22. The Kier molecular flexibility index (Phi) is 6.22. The molecule has 1 saturated heterocycles. The van der Waals surface area contributed by atoms with Crippen LogP contribution in [0.5, 0.6) is 23.0 Å². The monoisotopic (exact) mass is 397 g/mol. The molecule has 4 rings (SSSR count). The summed E-state index contributed by atoms with van der Waals surface area (Å²) < 4.78 is 22.8. The third-order valence-corrected chi connectivity index (χ3v) is 5.21. The first-order valence-corrected chi connectivity index (χ1v) is 10.00. The summed E-state index contributed by atoms with van der Waals surface area (Å²) in [5, 5.41) is 10.6. The van der Waals surface area contributed by atoms with E-state index in [1.165, 1.54) is 0 Å². The molecule has 0 saturated carbocycles. The zero-order valence-electron chi connectivity index (χ0n) is 16.6. The third-order valence-electron chi connectivity index (χ3n) is 5.21. The minimum absolute atomic E-state index is 0.263. The normalized spacial score (nSPS) is 21.9. The van der Waals surface area contributed by atoms with E-state index in [4.69, 9.17) is 18.9 Å². The minimum Gasteiger partial charge on any atom is -0.496 e. The molecular weight excluding hydrogens is 370 g/mol. The number of likely N-dealkylation sites (tertiary alicyclic amines) is 1. The van der Waals surface area contributed by atoms with Crippen LogP contribution >= 0.6 is 0 Å². The molecule has 0 aliphatic carbocycles. The lowest BCUT2D eigenvalue weighted by atomic mass is 10.0. The summed E-state index contributed by atoms with van der Waals surface area (Å²) in [7, 11) is 1.68. The van der Waals surface area contributed by atoms with Crippen LogP contribution in [-0.2, 0) is 0 Å². The number of ether oxygens (including phenoxy) is 4. The van der Waals surface area contributed by atoms with Crippen molar-refractivity contribution >= 4 is 6.08 Å². The van der Waals surface area contributed by atoms with Gasteiger partial charge in [-0.2, -0.15) is 0 Å². The molecule has 0 bridgehead atoms. The molecule has 6 heteroatoms. The fourth-order valence-corrected chi connectivity index (χ4v) is 3.71. The van der Waals surface area contributed by atoms with Gasteiger partial charge < -0.3 is 24.1 Å². The number of aliphatic hydroxyl groups excluding tert-OH is 1. The molecule has 0 aromatic heterocycles. The van der Waals surface area contributed by atoms with Crippen LogP contribution in [0.1, 0.15) is 12.0 Å². The number of nitrogens with zero attached hydrogens (tertiary/aromatic N) is 1. The van der Waals surface area contributed by atoms with Crippen LogP contribution in [0.4, 0.5) is 0 Å². The maximum absolute atomic E-state index is 10.6. The van der Waals surface area contributed by atoms with Crippen molar-refractivity contribution in [1.82, 2.24) is 4.90 Å². The number of hydrogen-bond donors (Lipinski definition) is 1. The van der Waals surface area contributed by atoms with Crippen molar-refractivity contribution in [2.45, 2.75) is 18.6 Å². The summed E-state index contributed by atoms with van der Waals surface area (Å²) >= 11 is 0. The van der Waals surface area contributed by atoms with Crippen molar-refractivity contribution in [3.8, 4) is 23.0 Å². The van der Waals surface area contributed by atoms with Crippen LogP contribution in [0.15, 0.2) is 48.5 Å². The van der Waals surface area contributed by atoms with E-state index in [1.54, 1.807) is 7.11 Å². The standard InChI is InChI=1S/C23H27NO5/c1-26-19-8-3-2-6-17(19)7-5-12-24-13-11-20(18(25)16-24)29-22-10-4-9-21-23(22)28-15-14-27-21/h2-10,18,20,25H,11-16H2,1H3/b7-5+/t18-,20-/m1/s1. The number of benzene rings is 2. The van der Waals surface area contributed by atoms with Crippen LogP contribution in [-0.4, -0.2) is 62.2 Å². The Bertz CT molecular complexity index is 853. The summed E-state index contributed by atoms with van der Waals surface area (Å²) in [6.45, 7) is 3.23. The zero-order valence-corrected chi connectivity index (χ0v) is 16.6. The van der Waals surface area contributed by atoms with Crippen molar-refractivity contribution in [2.75, 3.05) is 40.0 Å². The lowest BCUT2D eigenvalue weighted by Gasteiger charge is -2.35. The van der Waals surface area contributed by atoms with E-state index in [0.29, 0.717) is 37.0 Å². The molecule has 1 fully saturated rings. The molecule has 154 valence electrons. The predicted octanol–water partition coefficient (Wildman–Crippen LogP) is 2.99. The van der Waals surface area contributed by atoms with Gasteiger partial charge in [-0.05, 0) is 24.6 Å². The van der Waals surface area contributed by atoms with Gasteiger partial charge in [0.15, 0.2) is 11.5 Å². The Morgan fingerprint density at radius 2 is 1.93 bits per heavy atom. The van der Waals surface area contributed by atoms with Crippen LogP contribution in [0.2, 0.25) is 0 Å². The Hall–Kier alpha value is -2.70. The van der Waals surface area contributed by atoms with Crippen molar-refractivity contribution in [3.63, 3.8) is 0 Å². The van der Waals surface area contributed by atoms with Crippen molar-refractivity contribution in [3.05, 3.63) is 54.1 Å². The van der Waals surface area contributed by atoms with E-state index in [0.717, 1.165) is 30.8 Å². The third kappa shape index (κ3) is 4.66. The molecule has 2 aromatic rings. The fourth-order valence-electron chi connectivity index (χ4n) is 3.71. The molecule has 0 unspecified atom stereocenters. The molecule has 2 aromatic carbocycles. The average molecular weight is 397 g/mol. The van der Waals surface area contributed by atoms with Gasteiger partial charge in [0.1, 0.15) is 31.2 Å². The quantitative estimate of drug-likeness (QED) is 0.809. The summed E-state index contributed by atoms with van der Waals surface area (Å²) in [5.41, 5.74) is 1.05. The average Bonchev–Trinajstić information content (AvgIpc) is 2.76. The maximum atomic E-state index is 10.6. The number of piperidine rings is 1. The summed E-state index contributed by atoms with van der Waals surface area (Å²) in [5.74, 6) is 2.82. The van der Waals surface area contributed by atoms with Crippen molar-refractivity contribution < 1.29 is 24.1 Å². The highest BCUT2D eigenvalue weighted by Gasteiger charge is 2.30. The lowest BCUT2D eigenvalue weighted by molar-refractivity contribution is -0.0237. The second kappa shape index (κ2) is 9.20. The zero-order chi connectivity index (χ0) is 20.1. The lowest BCUT2D eigenvalue weighted by Crippen LogP contribution is -2.49. The molecule has 2 heterocycles. The Labute approximate surface area is 171 Å². The Morgan fingerprint density at radius 3 is 2.79 bits per heavy atom. The van der Waals surface area contributed by atoms with Gasteiger partial charge in [0, 0.05) is 25.2 Å². The van der Waals surface area contributed by atoms with Crippen molar-refractivity contribution in [2.24, 2.45) is 0 Å². The predicted molar refractivity (Wildman–Crippen MR) is 111 cm³/mol. The van der Waals surface area contributed by atoms with Crippen LogP contribution < -0.4 is 18.9 Å². The van der Waals surface area contributed by atoms with E-state index in [1.807, 2.05) is 42.5 Å². The van der Waals surface area contributed by atoms with E-state index < -0.39 is 6.10 Å². The molecule has 6 nitrogen and oxygen atoms in total. The van der Waals surface area contributed by atoms with E-state index in [9.17, 15) is 5.11 Å². The van der Waals surface area contributed by atoms with Gasteiger partial charge in [-0.15, -0.1) is 0 Å². The van der Waals surface area contributed by atoms with E-state index in [2.05, 4.69) is 17.1 Å². The minimum atomic E-state index is -0.566. The van der Waals surface area contributed by atoms with Crippen molar-refractivity contribution in [1.29, 1.82) is 0 Å². The Morgan fingerprint density at radius 1 is 1.10 bits per heavy atom. The van der Waals surface area contributed by atoms with Gasteiger partial charge in [0.2, 0.25) is 5.75 Å². The molecular formula is C23H27NO5. The maximum Gasteiger partial charge on any atom is 0.203 e. The van der Waals surface area contributed by atoms with Crippen LogP contribution in [0, 0.1) is 0 Å². The highest BCUT2D eigenvalue weighted by Crippen LogP contribution is 2.40. The molecule has 0 amide bonds. The number of hydrogen-bond acceptors (Lipinski definition) is 6. The smallest absolute Gasteiger partial charge is 0.203 e. The first-order valence-electron chi connectivity index (χ1n) is 10.00. The number of para-hydroxylation sites is 2. The molecule has 29 heavy (non-hydrogen) atoms. The molecule has 1 N–H and O–H groups in total. The molecule has 0 radical (unpaired) electrons. The van der Waals surface area contributed by atoms with Gasteiger partial charge in [0.05, 0.1) is 7.11 Å². The molecule has 2 atom stereocenters. The van der Waals surface area contributed by atoms with Gasteiger partial charge in [0.25, 0.3) is 0 Å². The van der Waals surface area contributed by atoms with E-state index >= 15 is 0 Å². The fraction of sp³-hybridized carbons (Fsp3) is 0.391. The van der Waals surface area contributed by atoms with Crippen LogP contribution in [0.3, 0.4) is 0 Å². The number of β-amino-alcohol motifs (C(OH)–C–C–N with tert-alkyl or cyclic N) is 1. The van der Waals surface area contributed by atoms with Gasteiger partial charge in [-0.25, -0.2) is 0 Å². The van der Waals surface area contributed by atoms with Crippen LogP contribution in [0.25, 0.3) is 6.08 Å². The number of rotatable bonds is 6. The summed E-state index contributed by atoms with van der Waals surface area (Å²) in [6, 6.07) is 13.5. The largest absolute Gasteiger partial charge is 0.496 e.